The zero-order valence-electron chi connectivity index (χ0n) is 48.5. The Morgan fingerprint density at radius 1 is 0.283 bits per heavy atom. The van der Waals surface area contributed by atoms with Crippen LogP contribution in [0.3, 0.4) is 0 Å². The van der Waals surface area contributed by atoms with Crippen molar-refractivity contribution < 1.29 is 204 Å². The van der Waals surface area contributed by atoms with Gasteiger partial charge in [0.25, 0.3) is 0 Å². The normalized spacial score (nSPS) is 52.2. The van der Waals surface area contributed by atoms with E-state index in [-0.39, 0.29) is 0 Å². The number of aliphatic hydroxyl groups excluding tert-OH is 25. The Bertz CT molecular complexity index is 2260. The SMILES string of the molecule is CC(=O)N[C@@H]1[C@@H](O)[C@H](O[C@@H]2O[C@H](CO[C@H]3O[C@H](CO)[C@@H](O)[C@H](O[C@H]4O[C@H](CO)[C@@H](O)[C@@H](O)[C@@H]4O[C@H]4O[C@H](CO)[C@@H](O)[C@H](O)[C@@H]4O)[C@@H]3O)[C@@H](O)[C@H](O[C@H]3O[C@H](CO)[C@@H](O)[C@H](O)[C@@H]3O[C@H]3O[C@H](CO)[C@@H](O)[C@H](O)[C@@H]3O[C@H]3O[C@H](CO)[C@@H](O)[C@H](O)[C@@H]3O)[C@@H]2O)[C@@H](CO)O[C@@H]1O. The van der Waals surface area contributed by atoms with Crippen molar-refractivity contribution in [1.82, 2.24) is 5.32 Å². The fourth-order valence-electron chi connectivity index (χ4n) is 11.7. The lowest BCUT2D eigenvalue weighted by atomic mass is 9.94. The Labute approximate surface area is 519 Å². The van der Waals surface area contributed by atoms with Crippen molar-refractivity contribution >= 4 is 5.91 Å². The molecule has 8 heterocycles. The van der Waals surface area contributed by atoms with Crippen molar-refractivity contribution in [2.45, 2.75) is 253 Å². The van der Waals surface area contributed by atoms with Gasteiger partial charge >= 0.3 is 0 Å². The Morgan fingerprint density at radius 2 is 0.565 bits per heavy atom. The van der Waals surface area contributed by atoms with Crippen molar-refractivity contribution in [3.05, 3.63) is 0 Å². The number of hydrogen-bond acceptors (Lipinski definition) is 41. The van der Waals surface area contributed by atoms with Crippen LogP contribution in [0.5, 0.6) is 0 Å². The second kappa shape index (κ2) is 32.7. The molecule has 0 saturated carbocycles. The second-order valence-corrected chi connectivity index (χ2v) is 23.1. The summed E-state index contributed by atoms with van der Waals surface area (Å²) in [6, 6.07) is -1.72. The van der Waals surface area contributed by atoms with Crippen molar-refractivity contribution in [3.63, 3.8) is 0 Å². The molecule has 0 aromatic rings. The highest BCUT2D eigenvalue weighted by Gasteiger charge is 2.60. The predicted octanol–water partition coefficient (Wildman–Crippen LogP) is -18.3. The first-order valence-corrected chi connectivity index (χ1v) is 29.2. The lowest BCUT2D eigenvalue weighted by Crippen LogP contribution is -2.69. The summed E-state index contributed by atoms with van der Waals surface area (Å²) < 4.78 is 86.2. The van der Waals surface area contributed by atoms with Crippen molar-refractivity contribution in [3.8, 4) is 0 Å². The zero-order valence-corrected chi connectivity index (χ0v) is 48.5. The third kappa shape index (κ3) is 15.8. The van der Waals surface area contributed by atoms with E-state index in [0.29, 0.717) is 0 Å². The number of nitrogens with one attached hydrogen (secondary N) is 1. The third-order valence-electron chi connectivity index (χ3n) is 17.0. The number of aliphatic hydroxyl groups is 25. The van der Waals surface area contributed by atoms with Crippen LogP contribution in [0.15, 0.2) is 0 Å². The van der Waals surface area contributed by atoms with Gasteiger partial charge in [0, 0.05) is 6.92 Å². The molecule has 92 heavy (non-hydrogen) atoms. The van der Waals surface area contributed by atoms with E-state index in [9.17, 15) is 132 Å². The van der Waals surface area contributed by atoms with Crippen LogP contribution in [0.25, 0.3) is 0 Å². The highest BCUT2D eigenvalue weighted by atomic mass is 16.8. The monoisotopic (exact) mass is 1360 g/mol. The van der Waals surface area contributed by atoms with E-state index in [1.165, 1.54) is 0 Å². The van der Waals surface area contributed by atoms with Crippen LogP contribution < -0.4 is 5.32 Å². The molecule has 1 amide bonds. The maximum atomic E-state index is 12.2. The van der Waals surface area contributed by atoms with Crippen LogP contribution in [0.4, 0.5) is 0 Å². The highest BCUT2D eigenvalue weighted by molar-refractivity contribution is 5.73. The summed E-state index contributed by atoms with van der Waals surface area (Å²) in [4.78, 5) is 12.2. The number of rotatable bonds is 23. The van der Waals surface area contributed by atoms with Crippen molar-refractivity contribution in [1.29, 1.82) is 0 Å². The summed E-state index contributed by atoms with van der Waals surface area (Å²) in [5.41, 5.74) is 0. The van der Waals surface area contributed by atoms with Gasteiger partial charge in [0.15, 0.2) is 50.3 Å². The van der Waals surface area contributed by atoms with Gasteiger partial charge in [0.1, 0.15) is 195 Å². The van der Waals surface area contributed by atoms with Crippen LogP contribution in [0.1, 0.15) is 6.92 Å². The minimum Gasteiger partial charge on any atom is -0.394 e. The molecule has 8 saturated heterocycles. The molecule has 0 radical (unpaired) electrons. The lowest BCUT2D eigenvalue weighted by molar-refractivity contribution is -0.407. The molecule has 0 aromatic carbocycles. The van der Waals surface area contributed by atoms with Gasteiger partial charge in [-0.2, -0.15) is 0 Å². The number of carbonyl (C=O) groups is 1. The van der Waals surface area contributed by atoms with Gasteiger partial charge in [-0.15, -0.1) is 0 Å². The zero-order chi connectivity index (χ0) is 67.6. The molecule has 42 nitrogen and oxygen atoms in total. The van der Waals surface area contributed by atoms with Crippen molar-refractivity contribution in [2.24, 2.45) is 0 Å². The summed E-state index contributed by atoms with van der Waals surface area (Å²) in [6.07, 6.45) is -81.0. The van der Waals surface area contributed by atoms with Crippen molar-refractivity contribution in [2.75, 3.05) is 52.9 Å². The van der Waals surface area contributed by atoms with Gasteiger partial charge in [0.05, 0.1) is 52.9 Å². The summed E-state index contributed by atoms with van der Waals surface area (Å²) in [5.74, 6) is -0.824. The summed E-state index contributed by atoms with van der Waals surface area (Å²) in [5, 5.41) is 274. The first kappa shape index (κ1) is 75.6. The molecular formula is C50H85NO41. The molecule has 8 aliphatic rings. The van der Waals surface area contributed by atoms with E-state index in [4.69, 9.17) is 71.1 Å². The lowest BCUT2D eigenvalue weighted by Gasteiger charge is -2.50. The fraction of sp³-hybridized carbons (Fsp3) is 0.980. The number of amides is 1. The Kier molecular flexibility index (Phi) is 26.9. The molecule has 42 heteroatoms. The van der Waals surface area contributed by atoms with E-state index in [1.54, 1.807) is 0 Å². The molecule has 0 aliphatic carbocycles. The minimum atomic E-state index is -2.45. The summed E-state index contributed by atoms with van der Waals surface area (Å²) in [7, 11) is 0. The molecule has 536 valence electrons. The average molecular weight is 1360 g/mol. The molecule has 0 aromatic heterocycles. The van der Waals surface area contributed by atoms with Crippen LogP contribution >= 0.6 is 0 Å². The Morgan fingerprint density at radius 3 is 0.946 bits per heavy atom. The quantitative estimate of drug-likeness (QED) is 0.0452. The molecule has 8 fully saturated rings. The van der Waals surface area contributed by atoms with Crippen LogP contribution in [-0.2, 0) is 75.8 Å². The molecule has 0 unspecified atom stereocenters. The van der Waals surface area contributed by atoms with E-state index in [1.807, 2.05) is 0 Å². The van der Waals surface area contributed by atoms with E-state index < -0.39 is 304 Å². The highest BCUT2D eigenvalue weighted by Crippen LogP contribution is 2.39. The topological polar surface area (TPSA) is 673 Å². The van der Waals surface area contributed by atoms with Crippen LogP contribution in [-0.4, -0.2) is 432 Å². The van der Waals surface area contributed by atoms with Gasteiger partial charge in [-0.3, -0.25) is 4.79 Å². The van der Waals surface area contributed by atoms with Gasteiger partial charge < -0.3 is 204 Å². The average Bonchev–Trinajstić information content (AvgIpc) is 0.785. The Balaban J connectivity index is 1.09. The van der Waals surface area contributed by atoms with Crippen LogP contribution in [0.2, 0.25) is 0 Å². The molecule has 26 N–H and O–H groups in total. The summed E-state index contributed by atoms with van der Waals surface area (Å²) in [6.45, 7) is -7.44. The molecular weight excluding hydrogens is 1270 g/mol. The van der Waals surface area contributed by atoms with E-state index in [0.717, 1.165) is 6.92 Å². The molecule has 8 rings (SSSR count). The molecule has 0 bridgehead atoms. The second-order valence-electron chi connectivity index (χ2n) is 23.1. The standard InChI is InChI=1S/C50H85NO41/c1-10(59)51-19-27(67)37(17(8-58)79-43(19)77)87-47-36(76)39(89-49-42(32(72)24(64)14(5-55)84-49)92-50-41(31(71)23(63)15(6-56)85-50)91-46-34(74)29(69)21(61)12(3-53)82-46)26(66)18(86-47)9-78-44-35(75)38(25(65)16(7-57)80-44)88-48-40(30(70)22(62)13(4-54)83-48)90-45-33(73)28(68)20(60)11(2-52)81-45/h11-50,52-58,60-77H,2-9H2,1H3,(H,51,59)/t11-,12-,13-,14-,15-,16-,17-,18-,19-,20-,21-,22-,23-,24-,25-,26-,27-,28+,29+,30-,31+,32+,33+,34+,35+,36+,37-,38+,39+,40+,41+,42+,43+,44+,45-,46-,47+,48-,49-,50-/m1/s1. The minimum absolute atomic E-state index is 0.824. The van der Waals surface area contributed by atoms with Gasteiger partial charge in [0.2, 0.25) is 5.91 Å². The van der Waals surface area contributed by atoms with Gasteiger partial charge in [-0.1, -0.05) is 0 Å². The fourth-order valence-corrected chi connectivity index (χ4v) is 11.7. The molecule has 40 atom stereocenters. The largest absolute Gasteiger partial charge is 0.394 e. The summed E-state index contributed by atoms with van der Waals surface area (Å²) >= 11 is 0. The molecule has 0 spiro atoms. The van der Waals surface area contributed by atoms with E-state index >= 15 is 0 Å². The first-order valence-electron chi connectivity index (χ1n) is 29.2. The third-order valence-corrected chi connectivity index (χ3v) is 17.0. The van der Waals surface area contributed by atoms with Gasteiger partial charge in [-0.25, -0.2) is 0 Å². The maximum absolute atomic E-state index is 12.2. The Hall–Kier alpha value is -2.13. The number of hydrogen-bond donors (Lipinski definition) is 26. The van der Waals surface area contributed by atoms with Gasteiger partial charge in [-0.05, 0) is 0 Å². The molecule has 8 aliphatic heterocycles. The van der Waals surface area contributed by atoms with E-state index in [2.05, 4.69) is 5.32 Å². The first-order chi connectivity index (χ1) is 43.6. The number of carbonyl (C=O) groups excluding carboxylic acids is 1. The number of ether oxygens (including phenoxy) is 15. The predicted molar refractivity (Wildman–Crippen MR) is 276 cm³/mol. The smallest absolute Gasteiger partial charge is 0.217 e. The maximum Gasteiger partial charge on any atom is 0.217 e. The van der Waals surface area contributed by atoms with Crippen LogP contribution in [0, 0.1) is 0 Å².